The summed E-state index contributed by atoms with van der Waals surface area (Å²) in [5.74, 6) is -0.177. The molecule has 0 aliphatic rings. The van der Waals surface area contributed by atoms with E-state index in [1.165, 1.54) is 17.8 Å². The number of rotatable bonds is 2. The van der Waals surface area contributed by atoms with Crippen molar-refractivity contribution < 1.29 is 4.39 Å². The van der Waals surface area contributed by atoms with Gasteiger partial charge in [0.05, 0.1) is 5.56 Å². The van der Waals surface area contributed by atoms with Crippen LogP contribution in [0.2, 0.25) is 0 Å². The van der Waals surface area contributed by atoms with E-state index >= 15 is 0 Å². The van der Waals surface area contributed by atoms with Gasteiger partial charge in [-0.3, -0.25) is 0 Å². The van der Waals surface area contributed by atoms with Gasteiger partial charge < -0.3 is 0 Å². The molecule has 0 radical (unpaired) electrons. The molecule has 4 nitrogen and oxygen atoms in total. The molecule has 2 aromatic rings. The molecule has 1 aromatic carbocycles. The third-order valence-corrected chi connectivity index (χ3v) is 2.29. The highest BCUT2D eigenvalue weighted by Gasteiger charge is 2.08. The van der Waals surface area contributed by atoms with Crippen molar-refractivity contribution >= 4 is 11.8 Å². The minimum atomic E-state index is -0.377. The van der Waals surface area contributed by atoms with Crippen LogP contribution >= 0.6 is 11.8 Å². The second-order valence-corrected chi connectivity index (χ2v) is 3.46. The fourth-order valence-corrected chi connectivity index (χ4v) is 1.30. The van der Waals surface area contributed by atoms with Crippen LogP contribution in [0.1, 0.15) is 0 Å². The van der Waals surface area contributed by atoms with Crippen LogP contribution in [0.3, 0.4) is 0 Å². The molecular weight excluding hydrogens is 215 g/mol. The lowest BCUT2D eigenvalue weighted by Crippen LogP contribution is -1.99. The molecule has 76 valence electrons. The summed E-state index contributed by atoms with van der Waals surface area (Å²) in [6, 6.07) is 6.26. The second kappa shape index (κ2) is 4.31. The molecule has 0 bridgehead atoms. The van der Waals surface area contributed by atoms with E-state index in [1.807, 2.05) is 6.26 Å². The first-order valence-electron chi connectivity index (χ1n) is 4.17. The average molecular weight is 222 g/mol. The van der Waals surface area contributed by atoms with E-state index in [-0.39, 0.29) is 11.6 Å². The lowest BCUT2D eigenvalue weighted by Gasteiger charge is -1.99. The first-order chi connectivity index (χ1) is 7.31. The molecule has 0 fully saturated rings. The van der Waals surface area contributed by atoms with Gasteiger partial charge in [0.2, 0.25) is 11.0 Å². The van der Waals surface area contributed by atoms with Crippen LogP contribution in [-0.4, -0.2) is 26.7 Å². The van der Waals surface area contributed by atoms with Crippen LogP contribution < -0.4 is 0 Å². The highest BCUT2D eigenvalue weighted by atomic mass is 32.2. The lowest BCUT2D eigenvalue weighted by molar-refractivity contribution is 0.626. The van der Waals surface area contributed by atoms with Crippen LogP contribution in [0, 0.1) is 5.82 Å². The fourth-order valence-electron chi connectivity index (χ4n) is 1.05. The second-order valence-electron chi connectivity index (χ2n) is 2.69. The quantitative estimate of drug-likeness (QED) is 0.725. The van der Waals surface area contributed by atoms with Gasteiger partial charge in [-0.25, -0.2) is 4.39 Å². The van der Waals surface area contributed by atoms with Crippen molar-refractivity contribution in [3.05, 3.63) is 30.1 Å². The van der Waals surface area contributed by atoms with Crippen LogP contribution in [0.15, 0.2) is 29.4 Å². The maximum atomic E-state index is 13.3. The minimum absolute atomic E-state index is 0.200. The maximum absolute atomic E-state index is 13.3. The molecule has 1 aromatic heterocycles. The van der Waals surface area contributed by atoms with Crippen molar-refractivity contribution in [1.29, 1.82) is 0 Å². The zero-order valence-corrected chi connectivity index (χ0v) is 8.70. The zero-order chi connectivity index (χ0) is 10.7. The van der Waals surface area contributed by atoms with Gasteiger partial charge in [0.25, 0.3) is 0 Å². The summed E-state index contributed by atoms with van der Waals surface area (Å²) in [7, 11) is 0. The van der Waals surface area contributed by atoms with Crippen molar-refractivity contribution in [2.45, 2.75) is 5.16 Å². The summed E-state index contributed by atoms with van der Waals surface area (Å²) in [5.41, 5.74) is 0.310. The standard InChI is InChI=1S/C9H7FN4S/c1-15-9-13-11-8(12-14-9)6-4-2-3-5-7(6)10/h2-5H,1H3. The van der Waals surface area contributed by atoms with E-state index < -0.39 is 0 Å². The van der Waals surface area contributed by atoms with Gasteiger partial charge >= 0.3 is 0 Å². The molecule has 0 atom stereocenters. The lowest BCUT2D eigenvalue weighted by atomic mass is 10.2. The molecule has 1 heterocycles. The summed E-state index contributed by atoms with van der Waals surface area (Å²) >= 11 is 1.34. The first kappa shape index (κ1) is 9.97. The topological polar surface area (TPSA) is 51.6 Å². The van der Waals surface area contributed by atoms with Gasteiger partial charge in [-0.1, -0.05) is 23.9 Å². The van der Waals surface area contributed by atoms with E-state index in [0.29, 0.717) is 10.7 Å². The molecule has 15 heavy (non-hydrogen) atoms. The third kappa shape index (κ3) is 2.10. The third-order valence-electron chi connectivity index (χ3n) is 1.76. The fraction of sp³-hybridized carbons (Fsp3) is 0.111. The van der Waals surface area contributed by atoms with E-state index in [1.54, 1.807) is 18.2 Å². The minimum Gasteiger partial charge on any atom is -0.206 e. The summed E-state index contributed by atoms with van der Waals surface area (Å²) < 4.78 is 13.3. The Morgan fingerprint density at radius 3 is 2.33 bits per heavy atom. The Morgan fingerprint density at radius 1 is 1.07 bits per heavy atom. The predicted octanol–water partition coefficient (Wildman–Crippen LogP) is 1.79. The van der Waals surface area contributed by atoms with Crippen molar-refractivity contribution in [1.82, 2.24) is 20.4 Å². The van der Waals surface area contributed by atoms with E-state index in [2.05, 4.69) is 20.4 Å². The predicted molar refractivity (Wildman–Crippen MR) is 54.8 cm³/mol. The molecule has 0 spiro atoms. The zero-order valence-electron chi connectivity index (χ0n) is 7.88. The normalized spacial score (nSPS) is 10.3. The molecule has 0 aliphatic carbocycles. The summed E-state index contributed by atoms with van der Waals surface area (Å²) in [5, 5.41) is 15.6. The summed E-state index contributed by atoms with van der Waals surface area (Å²) in [6.07, 6.45) is 1.82. The molecule has 0 amide bonds. The molecule has 2 rings (SSSR count). The van der Waals surface area contributed by atoms with Crippen molar-refractivity contribution in [2.24, 2.45) is 0 Å². The Morgan fingerprint density at radius 2 is 1.73 bits per heavy atom. The van der Waals surface area contributed by atoms with Crippen LogP contribution in [-0.2, 0) is 0 Å². The van der Waals surface area contributed by atoms with Gasteiger partial charge in [0.1, 0.15) is 5.82 Å². The van der Waals surface area contributed by atoms with Gasteiger partial charge in [0, 0.05) is 0 Å². The van der Waals surface area contributed by atoms with Crippen molar-refractivity contribution in [2.75, 3.05) is 6.26 Å². The average Bonchev–Trinajstić information content (AvgIpc) is 2.30. The Kier molecular flexibility index (Phi) is 2.86. The molecular formula is C9H7FN4S. The molecule has 0 saturated heterocycles. The number of benzene rings is 1. The maximum Gasteiger partial charge on any atom is 0.229 e. The smallest absolute Gasteiger partial charge is 0.206 e. The number of nitrogens with zero attached hydrogens (tertiary/aromatic N) is 4. The summed E-state index contributed by atoms with van der Waals surface area (Å²) in [6.45, 7) is 0. The van der Waals surface area contributed by atoms with E-state index in [4.69, 9.17) is 0 Å². The van der Waals surface area contributed by atoms with E-state index in [9.17, 15) is 4.39 Å². The SMILES string of the molecule is CSc1nnc(-c2ccccc2F)nn1. The van der Waals surface area contributed by atoms with Gasteiger partial charge in [0.15, 0.2) is 0 Å². The van der Waals surface area contributed by atoms with Crippen LogP contribution in [0.4, 0.5) is 4.39 Å². The van der Waals surface area contributed by atoms with Gasteiger partial charge in [-0.05, 0) is 18.4 Å². The van der Waals surface area contributed by atoms with E-state index in [0.717, 1.165) is 0 Å². The Hall–Kier alpha value is -1.56. The van der Waals surface area contributed by atoms with Crippen molar-refractivity contribution in [3.63, 3.8) is 0 Å². The number of hydrogen-bond acceptors (Lipinski definition) is 5. The molecule has 0 saturated carbocycles. The van der Waals surface area contributed by atoms with Crippen LogP contribution in [0.25, 0.3) is 11.4 Å². The Bertz CT molecular complexity index is 460. The highest BCUT2D eigenvalue weighted by molar-refractivity contribution is 7.98. The molecule has 0 unspecified atom stereocenters. The highest BCUT2D eigenvalue weighted by Crippen LogP contribution is 2.17. The number of aromatic nitrogens is 4. The Labute approximate surface area is 90.0 Å². The van der Waals surface area contributed by atoms with Crippen LogP contribution in [0.5, 0.6) is 0 Å². The molecule has 0 N–H and O–H groups in total. The largest absolute Gasteiger partial charge is 0.229 e. The van der Waals surface area contributed by atoms with Crippen molar-refractivity contribution in [3.8, 4) is 11.4 Å². The monoisotopic (exact) mass is 222 g/mol. The Balaban J connectivity index is 2.42. The van der Waals surface area contributed by atoms with Gasteiger partial charge in [-0.2, -0.15) is 0 Å². The number of hydrogen-bond donors (Lipinski definition) is 0. The number of thioether (sulfide) groups is 1. The summed E-state index contributed by atoms with van der Waals surface area (Å²) in [4.78, 5) is 0. The first-order valence-corrected chi connectivity index (χ1v) is 5.40. The number of halogens is 1. The molecule has 6 heteroatoms. The molecule has 0 aliphatic heterocycles. The van der Waals surface area contributed by atoms with Gasteiger partial charge in [-0.15, -0.1) is 20.4 Å².